The largest absolute Gasteiger partial charge is 0.334 e. The number of amides is 1. The summed E-state index contributed by atoms with van der Waals surface area (Å²) in [5, 5.41) is 10.0. The first-order chi connectivity index (χ1) is 13.4. The predicted octanol–water partition coefficient (Wildman–Crippen LogP) is 4.42. The normalized spacial score (nSPS) is 17.6. The van der Waals surface area contributed by atoms with Crippen molar-refractivity contribution >= 4 is 11.7 Å². The molecule has 150 valence electrons. The Kier molecular flexibility index (Phi) is 6.21. The molecule has 28 heavy (non-hydrogen) atoms. The van der Waals surface area contributed by atoms with Crippen LogP contribution < -0.4 is 0 Å². The molecule has 0 spiro atoms. The number of allylic oxidation sites excluding steroid dienone is 1. The van der Waals surface area contributed by atoms with Crippen LogP contribution >= 0.6 is 0 Å². The first-order valence-corrected chi connectivity index (χ1v) is 9.81. The van der Waals surface area contributed by atoms with Gasteiger partial charge in [0.25, 0.3) is 5.91 Å². The van der Waals surface area contributed by atoms with Crippen molar-refractivity contribution in [1.82, 2.24) is 9.91 Å². The van der Waals surface area contributed by atoms with Crippen LogP contribution in [0.4, 0.5) is 4.39 Å². The van der Waals surface area contributed by atoms with Crippen molar-refractivity contribution in [2.45, 2.75) is 59.2 Å². The number of nitrogens with zero attached hydrogens (tertiary/aromatic N) is 4. The van der Waals surface area contributed by atoms with Gasteiger partial charge in [0.1, 0.15) is 12.1 Å². The fourth-order valence-electron chi connectivity index (χ4n) is 3.67. The molecule has 7 heteroatoms. The number of hydrogen-bond donors (Lipinski definition) is 0. The minimum Gasteiger partial charge on any atom is -0.334 e. The van der Waals surface area contributed by atoms with E-state index in [9.17, 15) is 14.0 Å². The van der Waals surface area contributed by atoms with Gasteiger partial charge in [-0.3, -0.25) is 9.59 Å². The molecular weight excluding hydrogens is 359 g/mol. The van der Waals surface area contributed by atoms with E-state index in [1.54, 1.807) is 5.01 Å². The summed E-state index contributed by atoms with van der Waals surface area (Å²) in [5.41, 5.74) is 3.16. The molecule has 0 N–H and O–H groups in total. The Morgan fingerprint density at radius 3 is 2.71 bits per heavy atom. The van der Waals surface area contributed by atoms with Gasteiger partial charge in [-0.1, -0.05) is 24.3 Å². The molecule has 6 nitrogen and oxygen atoms in total. The van der Waals surface area contributed by atoms with E-state index >= 15 is 0 Å². The second-order valence-corrected chi connectivity index (χ2v) is 7.77. The maximum atomic E-state index is 13.0. The van der Waals surface area contributed by atoms with E-state index in [4.69, 9.17) is 0 Å². The predicted molar refractivity (Wildman–Crippen MR) is 104 cm³/mol. The van der Waals surface area contributed by atoms with Crippen LogP contribution in [0.25, 0.3) is 0 Å². The molecule has 1 aliphatic carbocycles. The molecule has 3 rings (SSSR count). The van der Waals surface area contributed by atoms with E-state index in [0.29, 0.717) is 56.8 Å². The monoisotopic (exact) mass is 386 g/mol. The fraction of sp³-hybridized carbons (Fsp3) is 0.524. The highest BCUT2D eigenvalue weighted by molar-refractivity contribution is 5.98. The van der Waals surface area contributed by atoms with Crippen molar-refractivity contribution in [3.05, 3.63) is 46.9 Å². The average Bonchev–Trinajstić information content (AvgIpc) is 2.95. The molecule has 0 atom stereocenters. The highest BCUT2D eigenvalue weighted by atomic mass is 19.1. The Morgan fingerprint density at radius 2 is 2.11 bits per heavy atom. The molecule has 1 fully saturated rings. The van der Waals surface area contributed by atoms with Crippen LogP contribution in [-0.2, 0) is 17.9 Å². The van der Waals surface area contributed by atoms with E-state index < -0.39 is 0 Å². The molecule has 1 amide bonds. The second-order valence-electron chi connectivity index (χ2n) is 7.77. The third kappa shape index (κ3) is 4.29. The lowest BCUT2D eigenvalue weighted by atomic mass is 9.84. The van der Waals surface area contributed by atoms with E-state index in [1.165, 1.54) is 0 Å². The lowest BCUT2D eigenvalue weighted by molar-refractivity contribution is -0.127. The number of halogens is 1. The molecular formula is C21H27FN4O2. The van der Waals surface area contributed by atoms with Gasteiger partial charge < -0.3 is 4.90 Å². The molecule has 0 radical (unpaired) electrons. The van der Waals surface area contributed by atoms with Gasteiger partial charge in [0, 0.05) is 37.5 Å². The Balaban J connectivity index is 1.63. The highest BCUT2D eigenvalue weighted by Crippen LogP contribution is 2.29. The zero-order valence-electron chi connectivity index (χ0n) is 16.7. The average molecular weight is 386 g/mol. The number of Topliss-reactive ketones (excluding diaryl/α,β-unsaturated/α-hetero) is 1. The summed E-state index contributed by atoms with van der Waals surface area (Å²) >= 11 is 0. The summed E-state index contributed by atoms with van der Waals surface area (Å²) in [6.07, 6.45) is 2.29. The third-order valence-electron chi connectivity index (χ3n) is 5.24. The van der Waals surface area contributed by atoms with Crippen molar-refractivity contribution < 1.29 is 14.0 Å². The van der Waals surface area contributed by atoms with Crippen molar-refractivity contribution in [1.29, 1.82) is 0 Å². The maximum absolute atomic E-state index is 13.0. The number of rotatable bonds is 8. The smallest absolute Gasteiger partial charge is 0.254 e. The molecule has 1 aromatic carbocycles. The van der Waals surface area contributed by atoms with E-state index in [1.807, 2.05) is 43.9 Å². The van der Waals surface area contributed by atoms with Crippen LogP contribution in [0.3, 0.4) is 0 Å². The molecule has 1 saturated carbocycles. The minimum atomic E-state index is 0.00953. The molecule has 1 aromatic rings. The van der Waals surface area contributed by atoms with Gasteiger partial charge in [0.15, 0.2) is 0 Å². The molecule has 0 unspecified atom stereocenters. The Bertz CT molecular complexity index is 811. The lowest BCUT2D eigenvalue weighted by Gasteiger charge is -2.28. The number of carbonyl (C=O) groups is 2. The highest BCUT2D eigenvalue weighted by Gasteiger charge is 2.33. The summed E-state index contributed by atoms with van der Waals surface area (Å²) in [7, 11) is 0. The number of hydrogen-bond acceptors (Lipinski definition) is 4. The van der Waals surface area contributed by atoms with Crippen LogP contribution in [-0.4, -0.2) is 34.2 Å². The van der Waals surface area contributed by atoms with Crippen molar-refractivity contribution in [2.75, 3.05) is 6.54 Å². The summed E-state index contributed by atoms with van der Waals surface area (Å²) in [4.78, 5) is 25.5. The Morgan fingerprint density at radius 1 is 1.36 bits per heavy atom. The molecule has 1 heterocycles. The molecule has 1 aliphatic heterocycles. The number of fused-ring (bicyclic) bond motifs is 1. The number of carbonyl (C=O) groups excluding carboxylic acids is 2. The van der Waals surface area contributed by atoms with Crippen LogP contribution in [0.15, 0.2) is 40.6 Å². The Hall–Kier alpha value is -2.57. The van der Waals surface area contributed by atoms with Gasteiger partial charge in [-0.15, -0.1) is 0 Å². The molecule has 0 saturated heterocycles. The second kappa shape index (κ2) is 8.63. The number of ketones is 1. The van der Waals surface area contributed by atoms with Gasteiger partial charge in [0.2, 0.25) is 0 Å². The Labute approximate surface area is 165 Å². The first-order valence-electron chi connectivity index (χ1n) is 9.81. The van der Waals surface area contributed by atoms with Gasteiger partial charge >= 0.3 is 0 Å². The van der Waals surface area contributed by atoms with Gasteiger partial charge in [0.05, 0.1) is 12.2 Å². The molecule has 2 aliphatic rings. The molecule has 0 aromatic heterocycles. The van der Waals surface area contributed by atoms with Gasteiger partial charge in [-0.05, 0) is 43.4 Å². The summed E-state index contributed by atoms with van der Waals surface area (Å²) in [6.45, 7) is 7.33. The first kappa shape index (κ1) is 20.2. The quantitative estimate of drug-likeness (QED) is 0.491. The minimum absolute atomic E-state index is 0.00953. The SMILES string of the molecule is CC/C(=C/F)N(N=NCc1ccc2c(c1)CN(CC1CC(=O)C1)C2=O)C(C)C. The fourth-order valence-corrected chi connectivity index (χ4v) is 3.67. The number of benzene rings is 1. The summed E-state index contributed by atoms with van der Waals surface area (Å²) in [5.74, 6) is 0.623. The third-order valence-corrected chi connectivity index (χ3v) is 5.24. The van der Waals surface area contributed by atoms with E-state index in [2.05, 4.69) is 10.3 Å². The van der Waals surface area contributed by atoms with Crippen molar-refractivity contribution in [2.24, 2.45) is 16.3 Å². The summed E-state index contributed by atoms with van der Waals surface area (Å²) in [6, 6.07) is 5.73. The molecule has 0 bridgehead atoms. The standard InChI is InChI=1S/C21H27FN4O2/c1-4-18(10-22)26(14(2)3)24-23-11-15-5-6-20-17(7-15)13-25(21(20)28)12-16-8-19(27)9-16/h5-7,10,14,16H,4,8-9,11-13H2,1-3H3/b18-10-,24-23?. The van der Waals surface area contributed by atoms with E-state index in [-0.39, 0.29) is 17.7 Å². The van der Waals surface area contributed by atoms with Crippen molar-refractivity contribution in [3.63, 3.8) is 0 Å². The maximum Gasteiger partial charge on any atom is 0.254 e. The summed E-state index contributed by atoms with van der Waals surface area (Å²) < 4.78 is 13.0. The zero-order chi connectivity index (χ0) is 20.3. The zero-order valence-corrected chi connectivity index (χ0v) is 16.7. The van der Waals surface area contributed by atoms with Crippen LogP contribution in [0, 0.1) is 5.92 Å². The van der Waals surface area contributed by atoms with Crippen LogP contribution in [0.2, 0.25) is 0 Å². The van der Waals surface area contributed by atoms with E-state index in [0.717, 1.165) is 16.7 Å². The van der Waals surface area contributed by atoms with Crippen LogP contribution in [0.1, 0.15) is 61.5 Å². The van der Waals surface area contributed by atoms with Gasteiger partial charge in [-0.2, -0.15) is 5.11 Å². The van der Waals surface area contributed by atoms with Crippen LogP contribution in [0.5, 0.6) is 0 Å². The lowest BCUT2D eigenvalue weighted by Crippen LogP contribution is -2.36. The van der Waals surface area contributed by atoms with Crippen molar-refractivity contribution in [3.8, 4) is 0 Å². The van der Waals surface area contributed by atoms with Gasteiger partial charge in [-0.25, -0.2) is 9.40 Å². The topological polar surface area (TPSA) is 65.3 Å².